The van der Waals surface area contributed by atoms with Gasteiger partial charge in [-0.2, -0.15) is 0 Å². The van der Waals surface area contributed by atoms with Crippen LogP contribution >= 0.6 is 15.9 Å². The SMILES string of the molecule is CCN(CC)C(=O)CN(C)c1cc(F)c(Br)cc1N. The Bertz CT molecular complexity index is 463. The molecule has 0 aliphatic carbocycles. The maximum absolute atomic E-state index is 13.5. The van der Waals surface area contributed by atoms with E-state index in [2.05, 4.69) is 15.9 Å². The Labute approximate surface area is 121 Å². The van der Waals surface area contributed by atoms with Crippen molar-refractivity contribution in [2.24, 2.45) is 0 Å². The number of nitrogen functional groups attached to an aromatic ring is 1. The Hall–Kier alpha value is -1.30. The molecule has 6 heteroatoms. The first kappa shape index (κ1) is 15.8. The van der Waals surface area contributed by atoms with Gasteiger partial charge in [0.2, 0.25) is 5.91 Å². The Balaban J connectivity index is 2.86. The number of likely N-dealkylation sites (N-methyl/N-ethyl adjacent to an activating group) is 2. The zero-order valence-electron chi connectivity index (χ0n) is 11.4. The second-order valence-corrected chi connectivity index (χ2v) is 5.10. The van der Waals surface area contributed by atoms with Crippen molar-refractivity contribution in [1.82, 2.24) is 4.90 Å². The van der Waals surface area contributed by atoms with E-state index >= 15 is 0 Å². The van der Waals surface area contributed by atoms with Gasteiger partial charge >= 0.3 is 0 Å². The molecule has 4 nitrogen and oxygen atoms in total. The van der Waals surface area contributed by atoms with Crippen LogP contribution in [0.5, 0.6) is 0 Å². The molecule has 1 amide bonds. The Morgan fingerprint density at radius 2 is 1.95 bits per heavy atom. The lowest BCUT2D eigenvalue weighted by Gasteiger charge is -2.25. The minimum atomic E-state index is -0.397. The third-order valence-electron chi connectivity index (χ3n) is 2.97. The standard InChI is InChI=1S/C13H19BrFN3O/c1-4-18(5-2)13(19)8-17(3)12-7-10(15)9(14)6-11(12)16/h6-7H,4-5,8,16H2,1-3H3. The second-order valence-electron chi connectivity index (χ2n) is 4.25. The van der Waals surface area contributed by atoms with Gasteiger partial charge in [0.15, 0.2) is 0 Å². The largest absolute Gasteiger partial charge is 0.397 e. The van der Waals surface area contributed by atoms with Gasteiger partial charge in [0.1, 0.15) is 5.82 Å². The van der Waals surface area contributed by atoms with Gasteiger partial charge in [-0.3, -0.25) is 4.79 Å². The first-order valence-electron chi connectivity index (χ1n) is 6.14. The molecule has 1 rings (SSSR count). The number of carbonyl (C=O) groups is 1. The van der Waals surface area contributed by atoms with E-state index in [1.54, 1.807) is 16.8 Å². The number of amides is 1. The predicted octanol–water partition coefficient (Wildman–Crippen LogP) is 2.47. The maximum atomic E-state index is 13.5. The van der Waals surface area contributed by atoms with E-state index in [1.165, 1.54) is 12.1 Å². The smallest absolute Gasteiger partial charge is 0.242 e. The fraction of sp³-hybridized carbons (Fsp3) is 0.462. The summed E-state index contributed by atoms with van der Waals surface area (Å²) in [7, 11) is 1.72. The van der Waals surface area contributed by atoms with Crippen LogP contribution in [0.3, 0.4) is 0 Å². The van der Waals surface area contributed by atoms with E-state index in [0.29, 0.717) is 28.9 Å². The van der Waals surface area contributed by atoms with E-state index in [4.69, 9.17) is 5.73 Å². The molecule has 1 aromatic carbocycles. The van der Waals surface area contributed by atoms with Crippen molar-refractivity contribution < 1.29 is 9.18 Å². The highest BCUT2D eigenvalue weighted by molar-refractivity contribution is 9.10. The van der Waals surface area contributed by atoms with Crippen molar-refractivity contribution in [3.8, 4) is 0 Å². The summed E-state index contributed by atoms with van der Waals surface area (Å²) in [6, 6.07) is 2.83. The molecule has 0 unspecified atom stereocenters. The maximum Gasteiger partial charge on any atom is 0.242 e. The lowest BCUT2D eigenvalue weighted by molar-refractivity contribution is -0.129. The predicted molar refractivity (Wildman–Crippen MR) is 79.7 cm³/mol. The minimum Gasteiger partial charge on any atom is -0.397 e. The van der Waals surface area contributed by atoms with Crippen molar-refractivity contribution in [3.63, 3.8) is 0 Å². The lowest BCUT2D eigenvalue weighted by atomic mass is 10.2. The summed E-state index contributed by atoms with van der Waals surface area (Å²) in [4.78, 5) is 15.4. The number of carbonyl (C=O) groups excluding carboxylic acids is 1. The summed E-state index contributed by atoms with van der Waals surface area (Å²) in [6.45, 7) is 5.35. The molecule has 0 atom stereocenters. The summed E-state index contributed by atoms with van der Waals surface area (Å²) >= 11 is 3.08. The van der Waals surface area contributed by atoms with Crippen LogP contribution in [-0.2, 0) is 4.79 Å². The van der Waals surface area contributed by atoms with Crippen LogP contribution in [0.4, 0.5) is 15.8 Å². The van der Waals surface area contributed by atoms with Gasteiger partial charge < -0.3 is 15.5 Å². The van der Waals surface area contributed by atoms with Crippen LogP contribution in [0.1, 0.15) is 13.8 Å². The molecule has 0 aliphatic heterocycles. The van der Waals surface area contributed by atoms with Crippen molar-refractivity contribution in [1.29, 1.82) is 0 Å². The number of halogens is 2. The summed E-state index contributed by atoms with van der Waals surface area (Å²) in [5, 5.41) is 0. The average Bonchev–Trinajstić information content (AvgIpc) is 2.35. The van der Waals surface area contributed by atoms with Gasteiger partial charge in [-0.1, -0.05) is 0 Å². The highest BCUT2D eigenvalue weighted by atomic mass is 79.9. The number of nitrogens with two attached hydrogens (primary N) is 1. The Morgan fingerprint density at radius 3 is 2.47 bits per heavy atom. The van der Waals surface area contributed by atoms with Gasteiger partial charge in [0.05, 0.1) is 22.4 Å². The first-order chi connectivity index (χ1) is 8.90. The summed E-state index contributed by atoms with van der Waals surface area (Å²) in [6.07, 6.45) is 0. The number of hydrogen-bond donors (Lipinski definition) is 1. The van der Waals surface area contributed by atoms with Crippen molar-refractivity contribution in [2.45, 2.75) is 13.8 Å². The monoisotopic (exact) mass is 331 g/mol. The quantitative estimate of drug-likeness (QED) is 0.843. The molecule has 19 heavy (non-hydrogen) atoms. The normalized spacial score (nSPS) is 10.4. The Kier molecular flexibility index (Phi) is 5.60. The molecule has 0 saturated carbocycles. The number of nitrogens with zero attached hydrogens (tertiary/aromatic N) is 2. The molecule has 0 heterocycles. The molecule has 0 radical (unpaired) electrons. The second kappa shape index (κ2) is 6.75. The fourth-order valence-electron chi connectivity index (χ4n) is 1.85. The fourth-order valence-corrected chi connectivity index (χ4v) is 2.21. The van der Waals surface area contributed by atoms with E-state index in [0.717, 1.165) is 0 Å². The first-order valence-corrected chi connectivity index (χ1v) is 6.93. The molecule has 0 bridgehead atoms. The number of benzene rings is 1. The van der Waals surface area contributed by atoms with Gasteiger partial charge in [0.25, 0.3) is 0 Å². The van der Waals surface area contributed by atoms with Crippen molar-refractivity contribution >= 4 is 33.2 Å². The van der Waals surface area contributed by atoms with Gasteiger partial charge in [0, 0.05) is 26.2 Å². The molecular formula is C13H19BrFN3O. The molecule has 0 aromatic heterocycles. The summed E-state index contributed by atoms with van der Waals surface area (Å²) in [5.41, 5.74) is 6.79. The topological polar surface area (TPSA) is 49.6 Å². The zero-order chi connectivity index (χ0) is 14.6. The van der Waals surface area contributed by atoms with Crippen LogP contribution < -0.4 is 10.6 Å². The van der Waals surface area contributed by atoms with Crippen LogP contribution in [-0.4, -0.2) is 37.5 Å². The molecule has 0 aliphatic rings. The number of anilines is 2. The van der Waals surface area contributed by atoms with Crippen LogP contribution in [0.25, 0.3) is 0 Å². The molecule has 1 aromatic rings. The number of hydrogen-bond acceptors (Lipinski definition) is 3. The van der Waals surface area contributed by atoms with E-state index in [1.807, 2.05) is 13.8 Å². The lowest BCUT2D eigenvalue weighted by Crippen LogP contribution is -2.39. The van der Waals surface area contributed by atoms with Gasteiger partial charge in [-0.15, -0.1) is 0 Å². The van der Waals surface area contributed by atoms with Crippen LogP contribution in [0, 0.1) is 5.82 Å². The molecular weight excluding hydrogens is 313 g/mol. The minimum absolute atomic E-state index is 0.00442. The molecule has 0 saturated heterocycles. The highest BCUT2D eigenvalue weighted by Crippen LogP contribution is 2.28. The summed E-state index contributed by atoms with van der Waals surface area (Å²) in [5.74, 6) is -0.401. The van der Waals surface area contributed by atoms with Crippen molar-refractivity contribution in [3.05, 3.63) is 22.4 Å². The van der Waals surface area contributed by atoms with E-state index in [9.17, 15) is 9.18 Å². The molecule has 2 N–H and O–H groups in total. The average molecular weight is 332 g/mol. The molecule has 0 fully saturated rings. The molecule has 106 valence electrons. The van der Waals surface area contributed by atoms with E-state index in [-0.39, 0.29) is 12.5 Å². The zero-order valence-corrected chi connectivity index (χ0v) is 13.0. The van der Waals surface area contributed by atoms with Crippen molar-refractivity contribution in [2.75, 3.05) is 37.3 Å². The Morgan fingerprint density at radius 1 is 1.37 bits per heavy atom. The molecule has 0 spiro atoms. The van der Waals surface area contributed by atoms with E-state index < -0.39 is 5.82 Å². The van der Waals surface area contributed by atoms with Crippen LogP contribution in [0.15, 0.2) is 16.6 Å². The van der Waals surface area contributed by atoms with Gasteiger partial charge in [-0.25, -0.2) is 4.39 Å². The highest BCUT2D eigenvalue weighted by Gasteiger charge is 2.15. The van der Waals surface area contributed by atoms with Crippen LogP contribution in [0.2, 0.25) is 0 Å². The summed E-state index contributed by atoms with van der Waals surface area (Å²) < 4.78 is 13.8. The third-order valence-corrected chi connectivity index (χ3v) is 3.58. The van der Waals surface area contributed by atoms with Gasteiger partial charge in [-0.05, 0) is 35.8 Å². The number of rotatable bonds is 5. The third kappa shape index (κ3) is 3.83.